The highest BCUT2D eigenvalue weighted by Crippen LogP contribution is 2.24. The molecule has 1 atom stereocenters. The van der Waals surface area contributed by atoms with Gasteiger partial charge in [-0.25, -0.2) is 0 Å². The van der Waals surface area contributed by atoms with Crippen LogP contribution in [0.4, 0.5) is 0 Å². The van der Waals surface area contributed by atoms with Crippen LogP contribution in [0.3, 0.4) is 0 Å². The first-order valence-corrected chi connectivity index (χ1v) is 10.3. The minimum Gasteiger partial charge on any atom is -0.344 e. The third kappa shape index (κ3) is 5.71. The van der Waals surface area contributed by atoms with Gasteiger partial charge in [-0.3, -0.25) is 14.4 Å². The zero-order valence-corrected chi connectivity index (χ0v) is 16.6. The molecule has 2 saturated heterocycles. The fourth-order valence-corrected chi connectivity index (χ4v) is 4.00. The molecule has 2 heterocycles. The summed E-state index contributed by atoms with van der Waals surface area (Å²) in [7, 11) is 0. The maximum Gasteiger partial charge on any atom is 0.245 e. The van der Waals surface area contributed by atoms with Gasteiger partial charge in [-0.05, 0) is 43.9 Å². The highest BCUT2D eigenvalue weighted by molar-refractivity contribution is 5.88. The van der Waals surface area contributed by atoms with Gasteiger partial charge < -0.3 is 15.1 Å². The predicted molar refractivity (Wildman–Crippen MR) is 101 cm³/mol. The molecule has 6 heteroatoms. The molecule has 0 aliphatic carbocycles. The molecule has 0 unspecified atom stereocenters. The summed E-state index contributed by atoms with van der Waals surface area (Å²) < 4.78 is 0. The van der Waals surface area contributed by atoms with Crippen molar-refractivity contribution in [2.75, 3.05) is 26.2 Å². The van der Waals surface area contributed by atoms with Gasteiger partial charge in [0.05, 0.1) is 0 Å². The van der Waals surface area contributed by atoms with E-state index in [0.29, 0.717) is 25.9 Å². The van der Waals surface area contributed by atoms with E-state index >= 15 is 0 Å². The number of rotatable bonds is 6. The van der Waals surface area contributed by atoms with Gasteiger partial charge in [0.25, 0.3) is 0 Å². The van der Waals surface area contributed by atoms with E-state index in [-0.39, 0.29) is 29.6 Å². The van der Waals surface area contributed by atoms with E-state index < -0.39 is 6.04 Å². The summed E-state index contributed by atoms with van der Waals surface area (Å²) in [6, 6.07) is -0.446. The molecular weight excluding hydrogens is 330 g/mol. The second kappa shape index (κ2) is 9.93. The van der Waals surface area contributed by atoms with E-state index in [0.717, 1.165) is 38.8 Å². The molecule has 26 heavy (non-hydrogen) atoms. The molecular formula is C20H35N3O3. The molecule has 3 amide bonds. The Bertz CT molecular complexity index is 493. The molecule has 1 N–H and O–H groups in total. The van der Waals surface area contributed by atoms with Crippen LogP contribution in [0.2, 0.25) is 0 Å². The van der Waals surface area contributed by atoms with Crippen molar-refractivity contribution >= 4 is 17.7 Å². The Balaban J connectivity index is 2.03. The minimum absolute atomic E-state index is 0.0394. The van der Waals surface area contributed by atoms with Crippen LogP contribution in [0.15, 0.2) is 0 Å². The summed E-state index contributed by atoms with van der Waals surface area (Å²) in [6.45, 7) is 8.85. The zero-order chi connectivity index (χ0) is 19.1. The van der Waals surface area contributed by atoms with Crippen molar-refractivity contribution in [3.05, 3.63) is 0 Å². The van der Waals surface area contributed by atoms with Gasteiger partial charge in [0.2, 0.25) is 17.7 Å². The van der Waals surface area contributed by atoms with Crippen molar-refractivity contribution in [3.8, 4) is 0 Å². The topological polar surface area (TPSA) is 69.7 Å². The van der Waals surface area contributed by atoms with Crippen LogP contribution in [-0.2, 0) is 14.4 Å². The van der Waals surface area contributed by atoms with Gasteiger partial charge in [0.15, 0.2) is 0 Å². The van der Waals surface area contributed by atoms with Crippen molar-refractivity contribution < 1.29 is 14.4 Å². The Labute approximate surface area is 157 Å². The number of piperidine rings is 2. The fraction of sp³-hybridized carbons (Fsp3) is 0.850. The summed E-state index contributed by atoms with van der Waals surface area (Å²) >= 11 is 0. The molecule has 0 aromatic carbocycles. The molecule has 0 spiro atoms. The minimum atomic E-state index is -0.446. The third-order valence-electron chi connectivity index (χ3n) is 5.51. The van der Waals surface area contributed by atoms with E-state index in [1.54, 1.807) is 0 Å². The Morgan fingerprint density at radius 2 is 1.58 bits per heavy atom. The van der Waals surface area contributed by atoms with E-state index in [1.165, 1.54) is 6.42 Å². The standard InChI is InChI=1S/C20H35N3O3/c1-4-18(25)22-12-8-16(9-13-22)19(21-17(24)14-15(2)3)20(26)23-10-6-5-7-11-23/h15-16,19H,4-14H2,1-3H3,(H,21,24)/t19-/m1/s1. The molecule has 0 saturated carbocycles. The molecule has 0 bridgehead atoms. The van der Waals surface area contributed by atoms with Crippen molar-refractivity contribution in [1.82, 2.24) is 15.1 Å². The number of carbonyl (C=O) groups excluding carboxylic acids is 3. The summed E-state index contributed by atoms with van der Waals surface area (Å²) in [5.74, 6) is 0.585. The lowest BCUT2D eigenvalue weighted by atomic mass is 9.87. The number of nitrogens with zero attached hydrogens (tertiary/aromatic N) is 2. The number of amides is 3. The number of hydrogen-bond acceptors (Lipinski definition) is 3. The summed E-state index contributed by atoms with van der Waals surface area (Å²) in [5.41, 5.74) is 0. The monoisotopic (exact) mass is 365 g/mol. The van der Waals surface area contributed by atoms with Gasteiger partial charge in [-0.15, -0.1) is 0 Å². The second-order valence-electron chi connectivity index (χ2n) is 8.10. The Kier molecular flexibility index (Phi) is 7.91. The molecule has 148 valence electrons. The van der Waals surface area contributed by atoms with Crippen molar-refractivity contribution in [2.45, 2.75) is 71.8 Å². The Morgan fingerprint density at radius 3 is 2.12 bits per heavy atom. The van der Waals surface area contributed by atoms with E-state index in [2.05, 4.69) is 5.32 Å². The van der Waals surface area contributed by atoms with Gasteiger partial charge in [-0.1, -0.05) is 20.8 Å². The number of carbonyl (C=O) groups is 3. The first kappa shape index (κ1) is 20.7. The van der Waals surface area contributed by atoms with Gasteiger partial charge in [0.1, 0.15) is 6.04 Å². The van der Waals surface area contributed by atoms with Crippen LogP contribution in [0.1, 0.15) is 65.7 Å². The largest absolute Gasteiger partial charge is 0.344 e. The molecule has 2 rings (SSSR count). The van der Waals surface area contributed by atoms with Crippen LogP contribution >= 0.6 is 0 Å². The SMILES string of the molecule is CCC(=O)N1CCC([C@@H](NC(=O)CC(C)C)C(=O)N2CCCCC2)CC1. The fourth-order valence-electron chi connectivity index (χ4n) is 4.00. The summed E-state index contributed by atoms with van der Waals surface area (Å²) in [4.78, 5) is 41.2. The van der Waals surface area contributed by atoms with Gasteiger partial charge >= 0.3 is 0 Å². The lowest BCUT2D eigenvalue weighted by Crippen LogP contribution is -2.55. The highest BCUT2D eigenvalue weighted by Gasteiger charge is 2.36. The summed E-state index contributed by atoms with van der Waals surface area (Å²) in [5, 5.41) is 3.04. The van der Waals surface area contributed by atoms with Gasteiger partial charge in [0, 0.05) is 39.0 Å². The Morgan fingerprint density at radius 1 is 0.962 bits per heavy atom. The summed E-state index contributed by atoms with van der Waals surface area (Å²) in [6.07, 6.45) is 5.77. The van der Waals surface area contributed by atoms with E-state index in [1.807, 2.05) is 30.6 Å². The normalized spacial score (nSPS) is 20.2. The Hall–Kier alpha value is -1.59. The maximum absolute atomic E-state index is 13.1. The molecule has 0 radical (unpaired) electrons. The number of hydrogen-bond donors (Lipinski definition) is 1. The third-order valence-corrected chi connectivity index (χ3v) is 5.51. The lowest BCUT2D eigenvalue weighted by Gasteiger charge is -2.38. The average Bonchev–Trinajstić information content (AvgIpc) is 2.65. The first-order chi connectivity index (χ1) is 12.4. The van der Waals surface area contributed by atoms with Crippen LogP contribution < -0.4 is 5.32 Å². The second-order valence-corrected chi connectivity index (χ2v) is 8.10. The van der Waals surface area contributed by atoms with Gasteiger partial charge in [-0.2, -0.15) is 0 Å². The first-order valence-electron chi connectivity index (χ1n) is 10.3. The maximum atomic E-state index is 13.1. The van der Waals surface area contributed by atoms with Crippen LogP contribution in [0.5, 0.6) is 0 Å². The quantitative estimate of drug-likeness (QED) is 0.784. The molecule has 2 fully saturated rings. The number of nitrogens with one attached hydrogen (secondary N) is 1. The zero-order valence-electron chi connectivity index (χ0n) is 16.6. The molecule has 0 aromatic heterocycles. The predicted octanol–water partition coefficient (Wildman–Crippen LogP) is 2.18. The molecule has 0 aromatic rings. The van der Waals surface area contributed by atoms with Crippen LogP contribution in [-0.4, -0.2) is 59.7 Å². The average molecular weight is 366 g/mol. The van der Waals surface area contributed by atoms with Crippen molar-refractivity contribution in [1.29, 1.82) is 0 Å². The van der Waals surface area contributed by atoms with Crippen LogP contribution in [0, 0.1) is 11.8 Å². The highest BCUT2D eigenvalue weighted by atomic mass is 16.2. The lowest BCUT2D eigenvalue weighted by molar-refractivity contribution is -0.140. The number of likely N-dealkylation sites (tertiary alicyclic amines) is 2. The van der Waals surface area contributed by atoms with Crippen molar-refractivity contribution in [3.63, 3.8) is 0 Å². The molecule has 6 nitrogen and oxygen atoms in total. The molecule has 2 aliphatic rings. The van der Waals surface area contributed by atoms with Crippen LogP contribution in [0.25, 0.3) is 0 Å². The molecule has 2 aliphatic heterocycles. The van der Waals surface area contributed by atoms with Crippen molar-refractivity contribution in [2.24, 2.45) is 11.8 Å². The smallest absolute Gasteiger partial charge is 0.245 e. The van der Waals surface area contributed by atoms with E-state index in [9.17, 15) is 14.4 Å². The van der Waals surface area contributed by atoms with E-state index in [4.69, 9.17) is 0 Å².